The minimum Gasteiger partial charge on any atom is -0.508 e. The summed E-state index contributed by atoms with van der Waals surface area (Å²) in [7, 11) is 0. The molecule has 152 valence electrons. The van der Waals surface area contributed by atoms with Crippen LogP contribution in [0.1, 0.15) is 55.9 Å². The van der Waals surface area contributed by atoms with Crippen LogP contribution in [0.2, 0.25) is 0 Å². The van der Waals surface area contributed by atoms with Crippen molar-refractivity contribution in [3.05, 3.63) is 64.2 Å². The van der Waals surface area contributed by atoms with E-state index in [4.69, 9.17) is 9.47 Å². The first-order valence-corrected chi connectivity index (χ1v) is 10.1. The Balaban J connectivity index is 1.65. The van der Waals surface area contributed by atoms with E-state index in [-0.39, 0.29) is 23.0 Å². The number of phenols is 2. The van der Waals surface area contributed by atoms with Gasteiger partial charge < -0.3 is 19.7 Å². The normalized spacial score (nSPS) is 18.8. The Labute approximate surface area is 172 Å². The van der Waals surface area contributed by atoms with Gasteiger partial charge in [0.05, 0.1) is 12.2 Å². The average Bonchev–Trinajstić information content (AvgIpc) is 2.66. The SMILES string of the molecule is CC(C)=CCc1c(O)ccc2c1OC[C@@H](c1ccc3c(c1O)C=CC(C)(C)O3)C2. The van der Waals surface area contributed by atoms with Crippen LogP contribution in [-0.4, -0.2) is 22.4 Å². The first-order valence-electron chi connectivity index (χ1n) is 10.1. The van der Waals surface area contributed by atoms with Crippen molar-refractivity contribution in [2.75, 3.05) is 6.61 Å². The highest BCUT2D eigenvalue weighted by Crippen LogP contribution is 2.44. The second-order valence-corrected chi connectivity index (χ2v) is 8.70. The van der Waals surface area contributed by atoms with Crippen molar-refractivity contribution < 1.29 is 19.7 Å². The van der Waals surface area contributed by atoms with Crippen LogP contribution in [0.15, 0.2) is 42.0 Å². The van der Waals surface area contributed by atoms with Crippen LogP contribution in [0.5, 0.6) is 23.0 Å². The lowest BCUT2D eigenvalue weighted by Gasteiger charge is -2.31. The second kappa shape index (κ2) is 7.18. The Bertz CT molecular complexity index is 1010. The molecule has 2 N–H and O–H groups in total. The van der Waals surface area contributed by atoms with E-state index in [0.29, 0.717) is 18.8 Å². The van der Waals surface area contributed by atoms with Crippen LogP contribution >= 0.6 is 0 Å². The minimum atomic E-state index is -0.377. The molecular formula is C25H28O4. The lowest BCUT2D eigenvalue weighted by molar-refractivity contribution is 0.158. The Morgan fingerprint density at radius 3 is 2.72 bits per heavy atom. The van der Waals surface area contributed by atoms with E-state index in [2.05, 4.69) is 6.08 Å². The summed E-state index contributed by atoms with van der Waals surface area (Å²) in [4.78, 5) is 0. The van der Waals surface area contributed by atoms with E-state index in [0.717, 1.165) is 34.4 Å². The highest BCUT2D eigenvalue weighted by Gasteiger charge is 2.30. The predicted octanol–water partition coefficient (Wildman–Crippen LogP) is 5.51. The van der Waals surface area contributed by atoms with Crippen LogP contribution in [0.4, 0.5) is 0 Å². The first kappa shape index (κ1) is 19.4. The summed E-state index contributed by atoms with van der Waals surface area (Å²) in [5, 5.41) is 21.2. The summed E-state index contributed by atoms with van der Waals surface area (Å²) in [5.74, 6) is 2.04. The number of allylic oxidation sites excluding steroid dienone is 2. The molecular weight excluding hydrogens is 364 g/mol. The molecule has 1 atom stereocenters. The molecule has 0 saturated heterocycles. The monoisotopic (exact) mass is 392 g/mol. The van der Waals surface area contributed by atoms with Crippen molar-refractivity contribution in [1.82, 2.24) is 0 Å². The van der Waals surface area contributed by atoms with E-state index in [1.807, 2.05) is 58.0 Å². The zero-order valence-electron chi connectivity index (χ0n) is 17.5. The van der Waals surface area contributed by atoms with E-state index < -0.39 is 0 Å². The van der Waals surface area contributed by atoms with E-state index in [9.17, 15) is 10.2 Å². The van der Waals surface area contributed by atoms with Gasteiger partial charge in [0.15, 0.2) is 0 Å². The van der Waals surface area contributed by atoms with Crippen molar-refractivity contribution in [1.29, 1.82) is 0 Å². The maximum atomic E-state index is 10.9. The molecule has 0 saturated carbocycles. The van der Waals surface area contributed by atoms with Crippen LogP contribution in [0, 0.1) is 0 Å². The lowest BCUT2D eigenvalue weighted by atomic mass is 9.86. The van der Waals surface area contributed by atoms with Gasteiger partial charge in [0.25, 0.3) is 0 Å². The molecule has 29 heavy (non-hydrogen) atoms. The Morgan fingerprint density at radius 2 is 1.97 bits per heavy atom. The Kier molecular flexibility index (Phi) is 4.81. The van der Waals surface area contributed by atoms with E-state index >= 15 is 0 Å². The largest absolute Gasteiger partial charge is 0.508 e. The molecule has 2 heterocycles. The molecule has 4 rings (SSSR count). The van der Waals surface area contributed by atoms with Gasteiger partial charge in [-0.3, -0.25) is 0 Å². The van der Waals surface area contributed by atoms with Crippen LogP contribution in [0.25, 0.3) is 6.08 Å². The molecule has 0 spiro atoms. The van der Waals surface area contributed by atoms with Crippen LogP contribution < -0.4 is 9.47 Å². The Morgan fingerprint density at radius 1 is 1.17 bits per heavy atom. The summed E-state index contributed by atoms with van der Waals surface area (Å²) < 4.78 is 12.1. The van der Waals surface area contributed by atoms with Crippen molar-refractivity contribution in [2.24, 2.45) is 0 Å². The maximum Gasteiger partial charge on any atom is 0.131 e. The molecule has 0 fully saturated rings. The second-order valence-electron chi connectivity index (χ2n) is 8.70. The van der Waals surface area contributed by atoms with Crippen LogP contribution in [0.3, 0.4) is 0 Å². The molecule has 2 aromatic carbocycles. The molecule has 2 aliphatic heterocycles. The summed E-state index contributed by atoms with van der Waals surface area (Å²) in [6, 6.07) is 7.53. The lowest BCUT2D eigenvalue weighted by Crippen LogP contribution is -2.27. The zero-order chi connectivity index (χ0) is 20.8. The van der Waals surface area contributed by atoms with E-state index in [1.165, 1.54) is 5.57 Å². The number of rotatable bonds is 3. The zero-order valence-corrected chi connectivity index (χ0v) is 17.5. The van der Waals surface area contributed by atoms with Crippen molar-refractivity contribution in [3.8, 4) is 23.0 Å². The standard InChI is InChI=1S/C25H28O4/c1-15(2)5-7-19-21(26)9-6-16-13-17(14-28-24(16)19)18-8-10-22-20(23(18)27)11-12-25(3,4)29-22/h5-6,8-12,17,26-27H,7,13-14H2,1-4H3/t17-/m0/s1. The molecule has 2 aliphatic rings. The van der Waals surface area contributed by atoms with Gasteiger partial charge >= 0.3 is 0 Å². The maximum absolute atomic E-state index is 10.9. The third-order valence-corrected chi connectivity index (χ3v) is 5.60. The van der Waals surface area contributed by atoms with Gasteiger partial charge in [0.2, 0.25) is 0 Å². The van der Waals surface area contributed by atoms with E-state index in [1.54, 1.807) is 6.07 Å². The number of benzene rings is 2. The highest BCUT2D eigenvalue weighted by molar-refractivity contribution is 5.69. The number of hydrogen-bond acceptors (Lipinski definition) is 4. The molecule has 4 heteroatoms. The van der Waals surface area contributed by atoms with Gasteiger partial charge in [-0.25, -0.2) is 0 Å². The molecule has 4 nitrogen and oxygen atoms in total. The quantitative estimate of drug-likeness (QED) is 0.676. The fourth-order valence-electron chi connectivity index (χ4n) is 4.01. The van der Waals surface area contributed by atoms with Crippen LogP contribution in [-0.2, 0) is 12.8 Å². The summed E-state index contributed by atoms with van der Waals surface area (Å²) >= 11 is 0. The fourth-order valence-corrected chi connectivity index (χ4v) is 4.01. The average molecular weight is 392 g/mol. The molecule has 0 unspecified atom stereocenters. The first-order chi connectivity index (χ1) is 13.7. The van der Waals surface area contributed by atoms with Gasteiger partial charge in [-0.1, -0.05) is 23.8 Å². The highest BCUT2D eigenvalue weighted by atomic mass is 16.5. The van der Waals surface area contributed by atoms with Gasteiger partial charge in [-0.05, 0) is 70.4 Å². The van der Waals surface area contributed by atoms with Gasteiger partial charge in [-0.15, -0.1) is 0 Å². The predicted molar refractivity (Wildman–Crippen MR) is 115 cm³/mol. The molecule has 0 aromatic heterocycles. The smallest absolute Gasteiger partial charge is 0.131 e. The number of hydrogen-bond donors (Lipinski definition) is 2. The summed E-state index contributed by atoms with van der Waals surface area (Å²) in [6.45, 7) is 8.53. The number of phenolic OH excluding ortho intramolecular Hbond substituents is 2. The number of aromatic hydroxyl groups is 2. The molecule has 0 amide bonds. The summed E-state index contributed by atoms with van der Waals surface area (Å²) in [5.41, 5.74) is 4.30. The number of fused-ring (bicyclic) bond motifs is 2. The fraction of sp³-hybridized carbons (Fsp3) is 0.360. The van der Waals surface area contributed by atoms with Crippen molar-refractivity contribution in [2.45, 2.75) is 52.1 Å². The topological polar surface area (TPSA) is 58.9 Å². The molecule has 2 aromatic rings. The molecule has 0 bridgehead atoms. The van der Waals surface area contributed by atoms with Crippen molar-refractivity contribution in [3.63, 3.8) is 0 Å². The molecule has 0 radical (unpaired) electrons. The summed E-state index contributed by atoms with van der Waals surface area (Å²) in [6.07, 6.45) is 7.38. The van der Waals surface area contributed by atoms with Gasteiger partial charge in [-0.2, -0.15) is 0 Å². The molecule has 0 aliphatic carbocycles. The third kappa shape index (κ3) is 3.71. The minimum absolute atomic E-state index is 0.0389. The van der Waals surface area contributed by atoms with Gasteiger partial charge in [0.1, 0.15) is 28.6 Å². The van der Waals surface area contributed by atoms with Crippen molar-refractivity contribution >= 4 is 6.08 Å². The Hall–Kier alpha value is -2.88. The number of ether oxygens (including phenoxy) is 2. The third-order valence-electron chi connectivity index (χ3n) is 5.60. The van der Waals surface area contributed by atoms with Gasteiger partial charge in [0, 0.05) is 17.0 Å².